The molecule has 8 nitrogen and oxygen atoms in total. The maximum Gasteiger partial charge on any atom is 0.320 e. The molecule has 2 aromatic heterocycles. The van der Waals surface area contributed by atoms with Crippen molar-refractivity contribution in [2.24, 2.45) is 5.73 Å². The van der Waals surface area contributed by atoms with E-state index in [-0.39, 0.29) is 0 Å². The normalized spacial score (nSPS) is 14.6. The second-order valence-corrected chi connectivity index (χ2v) is 8.83. The molecule has 1 aromatic carbocycles. The van der Waals surface area contributed by atoms with Crippen LogP contribution in [0.3, 0.4) is 0 Å². The van der Waals surface area contributed by atoms with E-state index >= 15 is 0 Å². The number of nitrogens with zero attached hydrogens (tertiary/aromatic N) is 5. The fourth-order valence-electron chi connectivity index (χ4n) is 4.13. The highest BCUT2D eigenvalue weighted by Gasteiger charge is 2.20. The van der Waals surface area contributed by atoms with Crippen LogP contribution in [0.5, 0.6) is 5.75 Å². The van der Waals surface area contributed by atoms with Crippen molar-refractivity contribution in [1.29, 1.82) is 0 Å². The van der Waals surface area contributed by atoms with Crippen LogP contribution in [0, 0.1) is 0 Å². The Kier molecular flexibility index (Phi) is 7.16. The van der Waals surface area contributed by atoms with Crippen molar-refractivity contribution in [3.63, 3.8) is 0 Å². The van der Waals surface area contributed by atoms with Crippen molar-refractivity contribution in [3.8, 4) is 5.75 Å². The number of amides is 2. The number of hydrogen-bond donors (Lipinski definition) is 1. The van der Waals surface area contributed by atoms with Crippen molar-refractivity contribution >= 4 is 39.0 Å². The van der Waals surface area contributed by atoms with Gasteiger partial charge in [-0.2, -0.15) is 0 Å². The lowest BCUT2D eigenvalue weighted by Gasteiger charge is -2.36. The van der Waals surface area contributed by atoms with Gasteiger partial charge in [-0.15, -0.1) is 5.10 Å². The molecule has 0 unspecified atom stereocenters. The van der Waals surface area contributed by atoms with E-state index in [4.69, 9.17) is 10.5 Å². The molecular weight excluding hydrogens is 472 g/mol. The molecule has 3 aromatic rings. The third kappa shape index (κ3) is 5.16. The van der Waals surface area contributed by atoms with Gasteiger partial charge in [0.05, 0.1) is 18.3 Å². The molecule has 3 heterocycles. The first kappa shape index (κ1) is 22.4. The zero-order valence-corrected chi connectivity index (χ0v) is 19.9. The molecular formula is C23H29BrN6O2. The Balaban J connectivity index is 1.25. The van der Waals surface area contributed by atoms with Gasteiger partial charge in [0.15, 0.2) is 5.82 Å². The van der Waals surface area contributed by atoms with Gasteiger partial charge in [0, 0.05) is 49.5 Å². The number of benzene rings is 1. The van der Waals surface area contributed by atoms with Crippen LogP contribution in [0.4, 0.5) is 16.3 Å². The maximum absolute atomic E-state index is 12.0. The fourth-order valence-corrected chi connectivity index (χ4v) is 4.45. The molecule has 1 aliphatic heterocycles. The first-order valence-electron chi connectivity index (χ1n) is 10.9. The van der Waals surface area contributed by atoms with E-state index in [0.717, 1.165) is 67.0 Å². The van der Waals surface area contributed by atoms with Gasteiger partial charge in [-0.25, -0.2) is 9.31 Å². The van der Waals surface area contributed by atoms with Crippen molar-refractivity contribution in [2.45, 2.75) is 12.8 Å². The minimum Gasteiger partial charge on any atom is -0.495 e. The largest absolute Gasteiger partial charge is 0.495 e. The summed E-state index contributed by atoms with van der Waals surface area (Å²) in [5, 5.41) is 4.50. The second-order valence-electron chi connectivity index (χ2n) is 7.92. The lowest BCUT2D eigenvalue weighted by Crippen LogP contribution is -2.46. The van der Waals surface area contributed by atoms with Gasteiger partial charge in [-0.1, -0.05) is 12.1 Å². The van der Waals surface area contributed by atoms with Gasteiger partial charge in [0.2, 0.25) is 0 Å². The van der Waals surface area contributed by atoms with Gasteiger partial charge in [0.1, 0.15) is 5.75 Å². The highest BCUT2D eigenvalue weighted by atomic mass is 79.9. The lowest BCUT2D eigenvalue weighted by molar-refractivity contribution is 0.248. The number of anilines is 2. The number of piperazine rings is 1. The SMILES string of the molecule is COc1ccccc1N1CCN(CCCCN(C(N)=O)c2cc3ccc(Br)cn3n2)CC1. The molecule has 2 N–H and O–H groups in total. The van der Waals surface area contributed by atoms with Crippen LogP contribution in [0.2, 0.25) is 0 Å². The molecule has 0 aliphatic carbocycles. The van der Waals surface area contributed by atoms with E-state index < -0.39 is 6.03 Å². The molecule has 9 heteroatoms. The van der Waals surface area contributed by atoms with Crippen molar-refractivity contribution in [2.75, 3.05) is 56.2 Å². The summed E-state index contributed by atoms with van der Waals surface area (Å²) in [6.07, 6.45) is 3.73. The number of pyridine rings is 1. The summed E-state index contributed by atoms with van der Waals surface area (Å²) in [5.41, 5.74) is 7.72. The van der Waals surface area contributed by atoms with Crippen LogP contribution < -0.4 is 20.3 Å². The van der Waals surface area contributed by atoms with Crippen LogP contribution in [0.15, 0.2) is 53.1 Å². The second kappa shape index (κ2) is 10.2. The average molecular weight is 501 g/mol. The van der Waals surface area contributed by atoms with Crippen molar-refractivity contribution in [1.82, 2.24) is 14.5 Å². The summed E-state index contributed by atoms with van der Waals surface area (Å²) in [6, 6.07) is 13.5. The number of hydrogen-bond acceptors (Lipinski definition) is 5. The van der Waals surface area contributed by atoms with E-state index in [1.807, 2.05) is 36.5 Å². The van der Waals surface area contributed by atoms with Crippen LogP contribution in [0.1, 0.15) is 12.8 Å². The van der Waals surface area contributed by atoms with Crippen molar-refractivity contribution in [3.05, 3.63) is 53.1 Å². The van der Waals surface area contributed by atoms with Gasteiger partial charge in [-0.3, -0.25) is 9.80 Å². The van der Waals surface area contributed by atoms with Crippen LogP contribution >= 0.6 is 15.9 Å². The topological polar surface area (TPSA) is 79.3 Å². The number of halogens is 1. The average Bonchev–Trinajstić information content (AvgIpc) is 3.21. The number of carbonyl (C=O) groups excluding carboxylic acids is 1. The summed E-state index contributed by atoms with van der Waals surface area (Å²) in [4.78, 5) is 18.4. The Bertz CT molecular complexity index is 1060. The number of carbonyl (C=O) groups is 1. The molecule has 1 fully saturated rings. The Morgan fingerprint density at radius 2 is 1.94 bits per heavy atom. The van der Waals surface area contributed by atoms with Crippen LogP contribution in [-0.2, 0) is 0 Å². The minimum atomic E-state index is -0.474. The molecule has 1 aliphatic rings. The third-order valence-electron chi connectivity index (χ3n) is 5.86. The number of aromatic nitrogens is 2. The molecule has 4 rings (SSSR count). The van der Waals surface area contributed by atoms with E-state index in [9.17, 15) is 4.79 Å². The number of urea groups is 1. The third-order valence-corrected chi connectivity index (χ3v) is 6.33. The van der Waals surface area contributed by atoms with E-state index in [2.05, 4.69) is 43.0 Å². The predicted molar refractivity (Wildman–Crippen MR) is 131 cm³/mol. The Labute approximate surface area is 196 Å². The highest BCUT2D eigenvalue weighted by Crippen LogP contribution is 2.28. The monoisotopic (exact) mass is 500 g/mol. The van der Waals surface area contributed by atoms with E-state index in [0.29, 0.717) is 12.4 Å². The summed E-state index contributed by atoms with van der Waals surface area (Å²) in [5.74, 6) is 1.51. The molecule has 2 amide bonds. The van der Waals surface area contributed by atoms with E-state index in [1.165, 1.54) is 0 Å². The number of fused-ring (bicyclic) bond motifs is 1. The molecule has 0 saturated carbocycles. The summed E-state index contributed by atoms with van der Waals surface area (Å²) >= 11 is 3.44. The Morgan fingerprint density at radius 1 is 1.16 bits per heavy atom. The first-order chi connectivity index (χ1) is 15.5. The number of ether oxygens (including phenoxy) is 1. The molecule has 0 spiro atoms. The Morgan fingerprint density at radius 3 is 2.69 bits per heavy atom. The number of rotatable bonds is 8. The van der Waals surface area contributed by atoms with Gasteiger partial charge in [0.25, 0.3) is 0 Å². The quantitative estimate of drug-likeness (QED) is 0.478. The molecule has 32 heavy (non-hydrogen) atoms. The molecule has 1 saturated heterocycles. The molecule has 0 radical (unpaired) electrons. The zero-order valence-electron chi connectivity index (χ0n) is 18.3. The highest BCUT2D eigenvalue weighted by molar-refractivity contribution is 9.10. The van der Waals surface area contributed by atoms with Gasteiger partial charge < -0.3 is 15.4 Å². The zero-order chi connectivity index (χ0) is 22.5. The number of unbranched alkanes of at least 4 members (excludes halogenated alkanes) is 1. The maximum atomic E-state index is 12.0. The molecule has 0 atom stereocenters. The molecule has 170 valence electrons. The standard InChI is InChI=1S/C23H29BrN6O2/c1-32-21-7-3-2-6-20(21)28-14-12-27(13-15-28)10-4-5-11-29(23(25)31)22-16-19-9-8-18(24)17-30(19)26-22/h2-3,6-9,16-17H,4-5,10-15H2,1H3,(H2,25,31). The van der Waals surface area contributed by atoms with E-state index in [1.54, 1.807) is 16.5 Å². The minimum absolute atomic E-state index is 0.474. The van der Waals surface area contributed by atoms with Gasteiger partial charge in [-0.05, 0) is 59.6 Å². The van der Waals surface area contributed by atoms with Crippen LogP contribution in [-0.4, -0.2) is 66.9 Å². The summed E-state index contributed by atoms with van der Waals surface area (Å²) < 4.78 is 8.17. The molecule has 0 bridgehead atoms. The lowest BCUT2D eigenvalue weighted by atomic mass is 10.2. The smallest absolute Gasteiger partial charge is 0.320 e. The number of nitrogens with two attached hydrogens (primary N) is 1. The predicted octanol–water partition coefficient (Wildman–Crippen LogP) is 3.59. The summed E-state index contributed by atoms with van der Waals surface area (Å²) in [7, 11) is 1.72. The van der Waals surface area contributed by atoms with Gasteiger partial charge >= 0.3 is 6.03 Å². The Hall–Kier alpha value is -2.78. The van der Waals surface area contributed by atoms with Crippen LogP contribution in [0.25, 0.3) is 5.52 Å². The number of para-hydroxylation sites is 2. The van der Waals surface area contributed by atoms with Crippen molar-refractivity contribution < 1.29 is 9.53 Å². The summed E-state index contributed by atoms with van der Waals surface area (Å²) in [6.45, 7) is 5.54. The fraction of sp³-hybridized carbons (Fsp3) is 0.391. The first-order valence-corrected chi connectivity index (χ1v) is 11.7. The number of primary amides is 1. The number of methoxy groups -OCH3 is 1.